The summed E-state index contributed by atoms with van der Waals surface area (Å²) in [7, 11) is 6.26. The van der Waals surface area contributed by atoms with Crippen LogP contribution in [0.25, 0.3) is 67.2 Å². The number of pyridine rings is 3. The van der Waals surface area contributed by atoms with Crippen LogP contribution >= 0.6 is 0 Å². The summed E-state index contributed by atoms with van der Waals surface area (Å²) < 4.78 is 6.51. The standard InChI is InChI=1S/C22H24N3.C21H24N3.C20H22N3/c1-16-7-3-6-10-20(16)21-12-11-18(15-25(21)2)19-13-23-22(24-14-19)17-8-4-5-9-17;1-15(2)11-21-22-12-18(13-23-21)17-9-10-20(24(4)14-17)19-8-6-5-7-16(19)3;1-14(2)20-21-11-17(12-22-20)16-9-10-19(23(4)13-16)18-8-6-5-7-15(18)3/h3,6-7,10-15,17H,4-5,8-9H2,1-2H3;5-10,12-15H,11H2,1-4H3;5-14H,1-4H3/q3*+1. The highest BCUT2D eigenvalue weighted by molar-refractivity contribution is 5.67. The molecule has 1 fully saturated rings. The van der Waals surface area contributed by atoms with E-state index < -0.39 is 0 Å². The maximum Gasteiger partial charge on any atom is 0.212 e. The zero-order chi connectivity index (χ0) is 50.7. The molecule has 1 aliphatic carbocycles. The lowest BCUT2D eigenvalue weighted by Crippen LogP contribution is -2.30. The van der Waals surface area contributed by atoms with Gasteiger partial charge in [-0.1, -0.05) is 95.1 Å². The number of hydrogen-bond donors (Lipinski definition) is 0. The SMILES string of the molecule is Cc1ccccc1-c1ccc(-c2cnc(C(C)C)nc2)c[n+]1C.Cc1ccccc1-c1ccc(-c2cnc(C3CCCC3)nc2)c[n+]1C.Cc1ccccc1-c1ccc(-c2cnc(CC(C)C)nc2)c[n+]1C. The largest absolute Gasteiger partial charge is 0.241 e. The third-order valence-corrected chi connectivity index (χ3v) is 13.5. The Morgan fingerprint density at radius 1 is 0.431 bits per heavy atom. The van der Waals surface area contributed by atoms with Crippen molar-refractivity contribution in [3.05, 3.63) is 199 Å². The molecule has 10 rings (SSSR count). The van der Waals surface area contributed by atoms with Crippen molar-refractivity contribution >= 4 is 0 Å². The van der Waals surface area contributed by atoms with Crippen LogP contribution in [0, 0.1) is 26.7 Å². The van der Waals surface area contributed by atoms with Gasteiger partial charge in [0.25, 0.3) is 0 Å². The molecular weight excluding hydrogens is 883 g/mol. The van der Waals surface area contributed by atoms with E-state index in [1.807, 2.05) is 37.2 Å². The molecule has 0 radical (unpaired) electrons. The van der Waals surface area contributed by atoms with Gasteiger partial charge < -0.3 is 0 Å². The van der Waals surface area contributed by atoms with Gasteiger partial charge in [0.2, 0.25) is 17.1 Å². The van der Waals surface area contributed by atoms with Crippen LogP contribution in [0.3, 0.4) is 0 Å². The molecule has 0 bridgehead atoms. The molecule has 0 amide bonds. The molecule has 9 aromatic rings. The summed E-state index contributed by atoms with van der Waals surface area (Å²) in [6, 6.07) is 38.3. The fraction of sp³-hybridized carbons (Fsp3) is 0.286. The Morgan fingerprint density at radius 3 is 1.11 bits per heavy atom. The van der Waals surface area contributed by atoms with Crippen molar-refractivity contribution in [3.8, 4) is 67.2 Å². The summed E-state index contributed by atoms with van der Waals surface area (Å²) in [6.07, 6.45) is 24.1. The van der Waals surface area contributed by atoms with Crippen molar-refractivity contribution in [3.63, 3.8) is 0 Å². The van der Waals surface area contributed by atoms with E-state index in [0.717, 1.165) is 57.3 Å². The van der Waals surface area contributed by atoms with Crippen LogP contribution < -0.4 is 13.7 Å². The fourth-order valence-electron chi connectivity index (χ4n) is 9.40. The summed E-state index contributed by atoms with van der Waals surface area (Å²) in [5.74, 6) is 4.30. The van der Waals surface area contributed by atoms with E-state index in [1.165, 1.54) is 76.1 Å². The molecule has 9 heteroatoms. The van der Waals surface area contributed by atoms with Gasteiger partial charge in [-0.2, -0.15) is 0 Å². The van der Waals surface area contributed by atoms with Gasteiger partial charge in [-0.25, -0.2) is 43.6 Å². The van der Waals surface area contributed by atoms with Crippen molar-refractivity contribution in [1.82, 2.24) is 29.9 Å². The third kappa shape index (κ3) is 12.4. The van der Waals surface area contributed by atoms with Crippen LogP contribution in [0.5, 0.6) is 0 Å². The summed E-state index contributed by atoms with van der Waals surface area (Å²) in [5.41, 5.74) is 17.8. The van der Waals surface area contributed by atoms with E-state index in [1.54, 1.807) is 0 Å². The van der Waals surface area contributed by atoms with Crippen LogP contribution in [-0.2, 0) is 27.6 Å². The molecule has 3 aromatic carbocycles. The first-order chi connectivity index (χ1) is 34.8. The average Bonchev–Trinajstić information content (AvgIpc) is 3.93. The van der Waals surface area contributed by atoms with Gasteiger partial charge in [0.05, 0.1) is 0 Å². The molecule has 0 saturated heterocycles. The zero-order valence-electron chi connectivity index (χ0n) is 43.9. The Labute approximate surface area is 427 Å². The van der Waals surface area contributed by atoms with Crippen LogP contribution in [0.2, 0.25) is 0 Å². The third-order valence-electron chi connectivity index (χ3n) is 13.5. The number of aromatic nitrogens is 9. The van der Waals surface area contributed by atoms with Crippen molar-refractivity contribution in [2.24, 2.45) is 27.1 Å². The molecule has 0 spiro atoms. The van der Waals surface area contributed by atoms with E-state index in [2.05, 4.69) is 241 Å². The first-order valence-corrected chi connectivity index (χ1v) is 25.5. The zero-order valence-corrected chi connectivity index (χ0v) is 43.9. The first kappa shape index (κ1) is 50.7. The lowest BCUT2D eigenvalue weighted by Gasteiger charge is -2.08. The predicted molar refractivity (Wildman–Crippen MR) is 290 cm³/mol. The van der Waals surface area contributed by atoms with Crippen LogP contribution in [0.15, 0.2) is 165 Å². The highest BCUT2D eigenvalue weighted by atomic mass is 14.9. The van der Waals surface area contributed by atoms with Gasteiger partial charge in [-0.15, -0.1) is 0 Å². The van der Waals surface area contributed by atoms with Crippen molar-refractivity contribution in [2.75, 3.05) is 0 Å². The van der Waals surface area contributed by atoms with Gasteiger partial charge in [0, 0.05) is 124 Å². The Bertz CT molecular complexity index is 3230. The van der Waals surface area contributed by atoms with Gasteiger partial charge in [-0.05, 0) is 92.6 Å². The van der Waals surface area contributed by atoms with Crippen LogP contribution in [0.1, 0.15) is 99.4 Å². The van der Waals surface area contributed by atoms with Crippen LogP contribution in [0.4, 0.5) is 0 Å². The molecular formula is C63H70N9+3. The van der Waals surface area contributed by atoms with Crippen molar-refractivity contribution in [1.29, 1.82) is 0 Å². The number of rotatable bonds is 10. The topological polar surface area (TPSA) is 89.0 Å². The quantitative estimate of drug-likeness (QED) is 0.127. The van der Waals surface area contributed by atoms with Crippen LogP contribution in [-0.4, -0.2) is 29.9 Å². The second-order valence-corrected chi connectivity index (χ2v) is 20.0. The predicted octanol–water partition coefficient (Wildman–Crippen LogP) is 12.8. The van der Waals surface area contributed by atoms with E-state index >= 15 is 0 Å². The molecule has 6 aromatic heterocycles. The molecule has 364 valence electrons. The van der Waals surface area contributed by atoms with Crippen molar-refractivity contribution < 1.29 is 13.7 Å². The average molecular weight is 953 g/mol. The lowest BCUT2D eigenvalue weighted by molar-refractivity contribution is -0.660. The highest BCUT2D eigenvalue weighted by Crippen LogP contribution is 2.33. The maximum absolute atomic E-state index is 4.64. The highest BCUT2D eigenvalue weighted by Gasteiger charge is 2.21. The normalized spacial score (nSPS) is 12.3. The number of nitrogens with zero attached hydrogens (tertiary/aromatic N) is 9. The molecule has 6 heterocycles. The van der Waals surface area contributed by atoms with Crippen molar-refractivity contribution in [2.45, 2.75) is 92.4 Å². The molecule has 1 saturated carbocycles. The lowest BCUT2D eigenvalue weighted by atomic mass is 10.0. The summed E-state index contributed by atoms with van der Waals surface area (Å²) in [4.78, 5) is 27.2. The van der Waals surface area contributed by atoms with Gasteiger partial charge in [0.1, 0.15) is 38.6 Å². The van der Waals surface area contributed by atoms with Gasteiger partial charge in [0.15, 0.2) is 18.6 Å². The molecule has 0 aliphatic heterocycles. The summed E-state index contributed by atoms with van der Waals surface area (Å²) >= 11 is 0. The summed E-state index contributed by atoms with van der Waals surface area (Å²) in [5, 5.41) is 0. The molecule has 0 N–H and O–H groups in total. The second kappa shape index (κ2) is 23.5. The van der Waals surface area contributed by atoms with E-state index in [0.29, 0.717) is 17.8 Å². The molecule has 72 heavy (non-hydrogen) atoms. The first-order valence-electron chi connectivity index (χ1n) is 25.5. The monoisotopic (exact) mass is 953 g/mol. The molecule has 1 aliphatic rings. The number of aryl methyl sites for hydroxylation is 6. The van der Waals surface area contributed by atoms with E-state index in [4.69, 9.17) is 0 Å². The fourth-order valence-corrected chi connectivity index (χ4v) is 9.40. The molecule has 0 atom stereocenters. The summed E-state index contributed by atoms with van der Waals surface area (Å²) in [6.45, 7) is 15.0. The minimum atomic E-state index is 0.351. The van der Waals surface area contributed by atoms with Gasteiger partial charge >= 0.3 is 0 Å². The number of benzene rings is 3. The maximum atomic E-state index is 4.64. The minimum absolute atomic E-state index is 0.351. The molecule has 9 nitrogen and oxygen atoms in total. The molecule has 0 unspecified atom stereocenters. The Morgan fingerprint density at radius 2 is 0.778 bits per heavy atom. The van der Waals surface area contributed by atoms with E-state index in [9.17, 15) is 0 Å². The Kier molecular flexibility index (Phi) is 16.6. The Balaban J connectivity index is 0.000000145. The Hall–Kier alpha value is -7.65. The van der Waals surface area contributed by atoms with Gasteiger partial charge in [-0.3, -0.25) is 0 Å². The van der Waals surface area contributed by atoms with E-state index in [-0.39, 0.29) is 0 Å². The minimum Gasteiger partial charge on any atom is -0.241 e. The second-order valence-electron chi connectivity index (χ2n) is 20.0. The number of hydrogen-bond acceptors (Lipinski definition) is 6. The smallest absolute Gasteiger partial charge is 0.212 e.